The van der Waals surface area contributed by atoms with E-state index in [9.17, 15) is 0 Å². The third-order valence-corrected chi connectivity index (χ3v) is 5.07. The molecular weight excluding hydrogens is 220 g/mol. The number of nitrogens with zero attached hydrogens (tertiary/aromatic N) is 1. The van der Waals surface area contributed by atoms with Crippen LogP contribution in [0.4, 0.5) is 0 Å². The van der Waals surface area contributed by atoms with E-state index in [-0.39, 0.29) is 0 Å². The molecule has 0 aromatic carbocycles. The fourth-order valence-electron chi connectivity index (χ4n) is 3.98. The molecule has 1 N–H and O–H groups in total. The first-order valence-corrected chi connectivity index (χ1v) is 8.18. The Bertz CT molecular complexity index is 233. The molecule has 18 heavy (non-hydrogen) atoms. The van der Waals surface area contributed by atoms with E-state index in [1.807, 2.05) is 0 Å². The van der Waals surface area contributed by atoms with E-state index in [1.165, 1.54) is 58.2 Å². The van der Waals surface area contributed by atoms with Crippen molar-refractivity contribution in [3.05, 3.63) is 0 Å². The number of nitrogens with one attached hydrogen (secondary N) is 1. The molecule has 0 spiro atoms. The van der Waals surface area contributed by atoms with Gasteiger partial charge in [-0.3, -0.25) is 0 Å². The standard InChI is InChI=1S/C16H32N2/c1-4-9-17-15-7-10-18(11-8-15)16-6-5-13(2)12-14(16)3/h13-17H,4-12H2,1-3H3. The van der Waals surface area contributed by atoms with Crippen LogP contribution in [0.5, 0.6) is 0 Å². The van der Waals surface area contributed by atoms with E-state index in [1.54, 1.807) is 0 Å². The molecule has 2 fully saturated rings. The van der Waals surface area contributed by atoms with Crippen LogP contribution in [0.3, 0.4) is 0 Å². The molecule has 2 nitrogen and oxygen atoms in total. The minimum atomic E-state index is 0.791. The molecule has 2 aliphatic rings. The molecule has 0 radical (unpaired) electrons. The maximum absolute atomic E-state index is 3.69. The Morgan fingerprint density at radius 2 is 1.78 bits per heavy atom. The highest BCUT2D eigenvalue weighted by Crippen LogP contribution is 2.33. The average Bonchev–Trinajstić information content (AvgIpc) is 2.37. The first-order valence-electron chi connectivity index (χ1n) is 8.18. The second kappa shape index (κ2) is 6.91. The minimum absolute atomic E-state index is 0.791. The summed E-state index contributed by atoms with van der Waals surface area (Å²) in [6.45, 7) is 11.0. The Kier molecular flexibility index (Phi) is 5.50. The molecule has 0 bridgehead atoms. The molecule has 2 heteroatoms. The van der Waals surface area contributed by atoms with Gasteiger partial charge < -0.3 is 10.2 Å². The van der Waals surface area contributed by atoms with Crippen molar-refractivity contribution in [2.24, 2.45) is 11.8 Å². The molecule has 1 aliphatic carbocycles. The summed E-state index contributed by atoms with van der Waals surface area (Å²) in [6.07, 6.45) is 8.31. The normalized spacial score (nSPS) is 35.8. The van der Waals surface area contributed by atoms with Crippen LogP contribution in [0.1, 0.15) is 59.3 Å². The average molecular weight is 252 g/mol. The van der Waals surface area contributed by atoms with Gasteiger partial charge in [0.15, 0.2) is 0 Å². The van der Waals surface area contributed by atoms with E-state index in [4.69, 9.17) is 0 Å². The van der Waals surface area contributed by atoms with Crippen LogP contribution in [0.15, 0.2) is 0 Å². The lowest BCUT2D eigenvalue weighted by atomic mass is 9.78. The number of rotatable bonds is 4. The third kappa shape index (κ3) is 3.71. The zero-order valence-electron chi connectivity index (χ0n) is 12.6. The second-order valence-electron chi connectivity index (χ2n) is 6.73. The Labute approximate surface area is 114 Å². The topological polar surface area (TPSA) is 15.3 Å². The van der Waals surface area contributed by atoms with Crippen LogP contribution in [-0.2, 0) is 0 Å². The van der Waals surface area contributed by atoms with Gasteiger partial charge in [-0.2, -0.15) is 0 Å². The van der Waals surface area contributed by atoms with Gasteiger partial charge in [0.25, 0.3) is 0 Å². The highest BCUT2D eigenvalue weighted by molar-refractivity contribution is 4.87. The highest BCUT2D eigenvalue weighted by Gasteiger charge is 2.31. The predicted molar refractivity (Wildman–Crippen MR) is 78.9 cm³/mol. The van der Waals surface area contributed by atoms with E-state index in [0.717, 1.165) is 23.9 Å². The zero-order chi connectivity index (χ0) is 13.0. The lowest BCUT2D eigenvalue weighted by Gasteiger charge is -2.44. The van der Waals surface area contributed by atoms with Gasteiger partial charge in [0.2, 0.25) is 0 Å². The molecule has 1 aliphatic heterocycles. The Morgan fingerprint density at radius 1 is 1.06 bits per heavy atom. The molecule has 2 rings (SSSR count). The van der Waals surface area contributed by atoms with Crippen molar-refractivity contribution >= 4 is 0 Å². The lowest BCUT2D eigenvalue weighted by molar-refractivity contribution is 0.0679. The van der Waals surface area contributed by atoms with Crippen LogP contribution in [0, 0.1) is 11.8 Å². The van der Waals surface area contributed by atoms with Crippen molar-refractivity contribution in [2.45, 2.75) is 71.4 Å². The highest BCUT2D eigenvalue weighted by atomic mass is 15.2. The van der Waals surface area contributed by atoms with Crippen molar-refractivity contribution < 1.29 is 0 Å². The summed E-state index contributed by atoms with van der Waals surface area (Å²) in [5.74, 6) is 1.87. The molecular formula is C16H32N2. The fraction of sp³-hybridized carbons (Fsp3) is 1.00. The summed E-state index contributed by atoms with van der Waals surface area (Å²) in [5.41, 5.74) is 0. The number of hydrogen-bond donors (Lipinski definition) is 1. The van der Waals surface area contributed by atoms with Crippen LogP contribution < -0.4 is 5.32 Å². The van der Waals surface area contributed by atoms with E-state index in [0.29, 0.717) is 0 Å². The van der Waals surface area contributed by atoms with Gasteiger partial charge in [0.05, 0.1) is 0 Å². The fourth-order valence-corrected chi connectivity index (χ4v) is 3.98. The maximum Gasteiger partial charge on any atom is 0.0121 e. The van der Waals surface area contributed by atoms with Crippen molar-refractivity contribution in [1.82, 2.24) is 10.2 Å². The van der Waals surface area contributed by atoms with Gasteiger partial charge in [0.1, 0.15) is 0 Å². The molecule has 0 aromatic heterocycles. The predicted octanol–water partition coefficient (Wildman–Crippen LogP) is 3.28. The van der Waals surface area contributed by atoms with Crippen LogP contribution in [0.25, 0.3) is 0 Å². The Balaban J connectivity index is 1.75. The van der Waals surface area contributed by atoms with Crippen molar-refractivity contribution in [1.29, 1.82) is 0 Å². The van der Waals surface area contributed by atoms with Gasteiger partial charge in [-0.15, -0.1) is 0 Å². The maximum atomic E-state index is 3.69. The monoisotopic (exact) mass is 252 g/mol. The third-order valence-electron chi connectivity index (χ3n) is 5.07. The van der Waals surface area contributed by atoms with Crippen molar-refractivity contribution in [3.8, 4) is 0 Å². The number of likely N-dealkylation sites (tertiary alicyclic amines) is 1. The first kappa shape index (κ1) is 14.3. The van der Waals surface area contributed by atoms with Gasteiger partial charge in [0, 0.05) is 12.1 Å². The van der Waals surface area contributed by atoms with E-state index < -0.39 is 0 Å². The quantitative estimate of drug-likeness (QED) is 0.826. The summed E-state index contributed by atoms with van der Waals surface area (Å²) < 4.78 is 0. The summed E-state index contributed by atoms with van der Waals surface area (Å²) in [6, 6.07) is 1.67. The molecule has 106 valence electrons. The minimum Gasteiger partial charge on any atom is -0.314 e. The zero-order valence-corrected chi connectivity index (χ0v) is 12.6. The van der Waals surface area contributed by atoms with Gasteiger partial charge in [-0.25, -0.2) is 0 Å². The van der Waals surface area contributed by atoms with Crippen LogP contribution >= 0.6 is 0 Å². The number of hydrogen-bond acceptors (Lipinski definition) is 2. The molecule has 0 amide bonds. The van der Waals surface area contributed by atoms with Gasteiger partial charge in [-0.05, 0) is 70.0 Å². The summed E-state index contributed by atoms with van der Waals surface area (Å²) in [7, 11) is 0. The largest absolute Gasteiger partial charge is 0.314 e. The summed E-state index contributed by atoms with van der Waals surface area (Å²) in [4.78, 5) is 2.79. The Hall–Kier alpha value is -0.0800. The van der Waals surface area contributed by atoms with E-state index >= 15 is 0 Å². The smallest absolute Gasteiger partial charge is 0.0121 e. The number of piperidine rings is 1. The summed E-state index contributed by atoms with van der Waals surface area (Å²) >= 11 is 0. The molecule has 1 heterocycles. The molecule has 3 atom stereocenters. The Morgan fingerprint density at radius 3 is 2.39 bits per heavy atom. The molecule has 1 saturated heterocycles. The SMILES string of the molecule is CCCNC1CCN(C2CCC(C)CC2C)CC1. The summed E-state index contributed by atoms with van der Waals surface area (Å²) in [5, 5.41) is 3.69. The van der Waals surface area contributed by atoms with Gasteiger partial charge in [-0.1, -0.05) is 20.8 Å². The molecule has 0 aromatic rings. The molecule has 1 saturated carbocycles. The van der Waals surface area contributed by atoms with Crippen molar-refractivity contribution in [3.63, 3.8) is 0 Å². The van der Waals surface area contributed by atoms with Crippen LogP contribution in [-0.4, -0.2) is 36.6 Å². The molecule has 3 unspecified atom stereocenters. The van der Waals surface area contributed by atoms with Gasteiger partial charge >= 0.3 is 0 Å². The first-order chi connectivity index (χ1) is 8.70. The van der Waals surface area contributed by atoms with Crippen molar-refractivity contribution in [2.75, 3.05) is 19.6 Å². The van der Waals surface area contributed by atoms with E-state index in [2.05, 4.69) is 31.0 Å². The van der Waals surface area contributed by atoms with Crippen LogP contribution in [0.2, 0.25) is 0 Å². The second-order valence-corrected chi connectivity index (χ2v) is 6.73. The lowest BCUT2D eigenvalue weighted by Crippen LogP contribution is -2.50.